The number of benzene rings is 1. The van der Waals surface area contributed by atoms with Gasteiger partial charge in [-0.25, -0.2) is 0 Å². The van der Waals surface area contributed by atoms with Gasteiger partial charge >= 0.3 is 0 Å². The number of rotatable bonds is 8. The zero-order valence-corrected chi connectivity index (χ0v) is 15.2. The van der Waals surface area contributed by atoms with Gasteiger partial charge in [0, 0.05) is 38.8 Å². The van der Waals surface area contributed by atoms with Crippen LogP contribution in [0.15, 0.2) is 29.3 Å². The molecule has 1 rings (SSSR count). The van der Waals surface area contributed by atoms with E-state index in [2.05, 4.69) is 46.8 Å². The van der Waals surface area contributed by atoms with E-state index in [-0.39, 0.29) is 5.60 Å². The zero-order valence-electron chi connectivity index (χ0n) is 14.4. The molecule has 0 bridgehead atoms. The van der Waals surface area contributed by atoms with Gasteiger partial charge in [-0.2, -0.15) is 11.8 Å². The largest absolute Gasteiger partial charge is 0.377 e. The molecule has 0 saturated carbocycles. The Hall–Kier alpha value is -1.20. The zero-order chi connectivity index (χ0) is 16.4. The Kier molecular flexibility index (Phi) is 8.35. The lowest BCUT2D eigenvalue weighted by Crippen LogP contribution is -2.45. The van der Waals surface area contributed by atoms with Crippen molar-refractivity contribution in [1.82, 2.24) is 10.6 Å². The third-order valence-corrected chi connectivity index (χ3v) is 4.42. The van der Waals surface area contributed by atoms with E-state index in [9.17, 15) is 0 Å². The Morgan fingerprint density at radius 1 is 1.23 bits per heavy atom. The van der Waals surface area contributed by atoms with Crippen LogP contribution in [0.2, 0.25) is 0 Å². The van der Waals surface area contributed by atoms with Gasteiger partial charge in [0.25, 0.3) is 0 Å². The van der Waals surface area contributed by atoms with Gasteiger partial charge in [-0.3, -0.25) is 4.99 Å². The second-order valence-electron chi connectivity index (χ2n) is 5.85. The summed E-state index contributed by atoms with van der Waals surface area (Å²) in [7, 11) is 3.51. The van der Waals surface area contributed by atoms with Crippen molar-refractivity contribution in [2.45, 2.75) is 32.1 Å². The summed E-state index contributed by atoms with van der Waals surface area (Å²) in [6.45, 7) is 7.82. The molecule has 0 atom stereocenters. The summed E-state index contributed by atoms with van der Waals surface area (Å²) in [5.41, 5.74) is 2.49. The van der Waals surface area contributed by atoms with E-state index in [1.54, 1.807) is 14.2 Å². The maximum Gasteiger partial charge on any atom is 0.191 e. The second-order valence-corrected chi connectivity index (χ2v) is 6.96. The standard InChI is InChI=1S/C17H29N3OS/c1-14-6-8-15(9-7-14)12-22-11-10-19-16(18-4)20-13-17(2,3)21-5/h6-9H,10-13H2,1-5H3,(H2,18,19,20). The molecule has 0 aliphatic carbocycles. The highest BCUT2D eigenvalue weighted by Gasteiger charge is 2.16. The topological polar surface area (TPSA) is 45.7 Å². The maximum absolute atomic E-state index is 5.38. The Bertz CT molecular complexity index is 457. The van der Waals surface area contributed by atoms with Crippen molar-refractivity contribution < 1.29 is 4.74 Å². The number of hydrogen-bond donors (Lipinski definition) is 2. The van der Waals surface area contributed by atoms with Crippen LogP contribution in [0.3, 0.4) is 0 Å². The smallest absolute Gasteiger partial charge is 0.191 e. The number of thioether (sulfide) groups is 1. The van der Waals surface area contributed by atoms with E-state index in [1.807, 2.05) is 25.6 Å². The molecule has 0 unspecified atom stereocenters. The number of ether oxygens (including phenoxy) is 1. The highest BCUT2D eigenvalue weighted by Crippen LogP contribution is 2.12. The van der Waals surface area contributed by atoms with Crippen molar-refractivity contribution in [2.75, 3.05) is 33.0 Å². The van der Waals surface area contributed by atoms with Crippen LogP contribution in [-0.4, -0.2) is 44.6 Å². The maximum atomic E-state index is 5.38. The number of nitrogens with one attached hydrogen (secondary N) is 2. The fourth-order valence-corrected chi connectivity index (χ4v) is 2.52. The van der Waals surface area contributed by atoms with Gasteiger partial charge in [0.2, 0.25) is 0 Å². The predicted molar refractivity (Wildman–Crippen MR) is 97.8 cm³/mol. The quantitative estimate of drug-likeness (QED) is 0.439. The number of guanidine groups is 1. The van der Waals surface area contributed by atoms with E-state index < -0.39 is 0 Å². The second kappa shape index (κ2) is 9.74. The van der Waals surface area contributed by atoms with Crippen LogP contribution in [0.5, 0.6) is 0 Å². The van der Waals surface area contributed by atoms with Crippen molar-refractivity contribution in [3.05, 3.63) is 35.4 Å². The first kappa shape index (κ1) is 18.8. The monoisotopic (exact) mass is 323 g/mol. The summed E-state index contributed by atoms with van der Waals surface area (Å²) in [4.78, 5) is 4.22. The summed E-state index contributed by atoms with van der Waals surface area (Å²) >= 11 is 1.92. The summed E-state index contributed by atoms with van der Waals surface area (Å²) in [5, 5.41) is 6.60. The van der Waals surface area contributed by atoms with Crippen molar-refractivity contribution in [1.29, 1.82) is 0 Å². The van der Waals surface area contributed by atoms with Crippen molar-refractivity contribution >= 4 is 17.7 Å². The summed E-state index contributed by atoms with van der Waals surface area (Å²) in [6, 6.07) is 8.72. The summed E-state index contributed by atoms with van der Waals surface area (Å²) in [6.07, 6.45) is 0. The molecule has 2 N–H and O–H groups in total. The SMILES string of the molecule is CN=C(NCCSCc1ccc(C)cc1)NCC(C)(C)OC. The van der Waals surface area contributed by atoms with Gasteiger partial charge in [-0.1, -0.05) is 29.8 Å². The van der Waals surface area contributed by atoms with Crippen molar-refractivity contribution in [3.8, 4) is 0 Å². The molecule has 0 radical (unpaired) electrons. The van der Waals surface area contributed by atoms with E-state index in [1.165, 1.54) is 11.1 Å². The summed E-state index contributed by atoms with van der Waals surface area (Å²) < 4.78 is 5.38. The lowest BCUT2D eigenvalue weighted by molar-refractivity contribution is 0.0268. The molecule has 5 heteroatoms. The van der Waals surface area contributed by atoms with Crippen LogP contribution in [0, 0.1) is 6.92 Å². The normalized spacial score (nSPS) is 12.3. The molecule has 22 heavy (non-hydrogen) atoms. The molecule has 1 aromatic rings. The van der Waals surface area contributed by atoms with E-state index in [0.717, 1.165) is 30.6 Å². The fraction of sp³-hybridized carbons (Fsp3) is 0.588. The molecule has 0 aliphatic heterocycles. The summed E-state index contributed by atoms with van der Waals surface area (Å²) in [5.74, 6) is 2.91. The third kappa shape index (κ3) is 7.71. The highest BCUT2D eigenvalue weighted by atomic mass is 32.2. The average Bonchev–Trinajstić information content (AvgIpc) is 2.51. The van der Waals surface area contributed by atoms with Crippen LogP contribution in [0.1, 0.15) is 25.0 Å². The minimum absolute atomic E-state index is 0.197. The van der Waals surface area contributed by atoms with Gasteiger partial charge in [0.05, 0.1) is 5.60 Å². The third-order valence-electron chi connectivity index (χ3n) is 3.39. The first-order chi connectivity index (χ1) is 10.5. The number of hydrogen-bond acceptors (Lipinski definition) is 3. The Morgan fingerprint density at radius 2 is 1.91 bits per heavy atom. The van der Waals surface area contributed by atoms with E-state index in [0.29, 0.717) is 0 Å². The van der Waals surface area contributed by atoms with Crippen LogP contribution in [0.25, 0.3) is 0 Å². The molecule has 0 aliphatic rings. The van der Waals surface area contributed by atoms with Crippen molar-refractivity contribution in [2.24, 2.45) is 4.99 Å². The molecule has 1 aromatic carbocycles. The first-order valence-corrected chi connectivity index (χ1v) is 8.75. The van der Waals surface area contributed by atoms with Gasteiger partial charge in [0.1, 0.15) is 0 Å². The molecule has 124 valence electrons. The van der Waals surface area contributed by atoms with Crippen LogP contribution >= 0.6 is 11.8 Å². The minimum Gasteiger partial charge on any atom is -0.377 e. The van der Waals surface area contributed by atoms with Gasteiger partial charge in [-0.15, -0.1) is 0 Å². The van der Waals surface area contributed by atoms with Gasteiger partial charge < -0.3 is 15.4 Å². The molecule has 0 saturated heterocycles. The Labute approximate surface area is 139 Å². The molecule has 0 spiro atoms. The number of aryl methyl sites for hydroxylation is 1. The fourth-order valence-electron chi connectivity index (χ4n) is 1.71. The van der Waals surface area contributed by atoms with Gasteiger partial charge in [-0.05, 0) is 26.3 Å². The molecule has 0 fully saturated rings. The van der Waals surface area contributed by atoms with E-state index in [4.69, 9.17) is 4.74 Å². The van der Waals surface area contributed by atoms with Crippen LogP contribution in [0.4, 0.5) is 0 Å². The van der Waals surface area contributed by atoms with Gasteiger partial charge in [0.15, 0.2) is 5.96 Å². The molecular formula is C17H29N3OS. The number of nitrogens with zero attached hydrogens (tertiary/aromatic N) is 1. The van der Waals surface area contributed by atoms with Crippen LogP contribution < -0.4 is 10.6 Å². The van der Waals surface area contributed by atoms with Crippen molar-refractivity contribution in [3.63, 3.8) is 0 Å². The molecule has 0 amide bonds. The lowest BCUT2D eigenvalue weighted by atomic mass is 10.1. The highest BCUT2D eigenvalue weighted by molar-refractivity contribution is 7.98. The lowest BCUT2D eigenvalue weighted by Gasteiger charge is -2.24. The number of aliphatic imine (C=N–C) groups is 1. The molecular weight excluding hydrogens is 294 g/mol. The first-order valence-electron chi connectivity index (χ1n) is 7.60. The Morgan fingerprint density at radius 3 is 2.50 bits per heavy atom. The molecule has 0 aromatic heterocycles. The Balaban J connectivity index is 2.18. The molecule has 0 heterocycles. The number of methoxy groups -OCH3 is 1. The van der Waals surface area contributed by atoms with Crippen LogP contribution in [-0.2, 0) is 10.5 Å². The average molecular weight is 324 g/mol. The predicted octanol–water partition coefficient (Wildman–Crippen LogP) is 2.82. The minimum atomic E-state index is -0.197. The molecule has 4 nitrogen and oxygen atoms in total. The van der Waals surface area contributed by atoms with E-state index >= 15 is 0 Å².